The van der Waals surface area contributed by atoms with Crippen molar-refractivity contribution < 1.29 is 9.59 Å². The van der Waals surface area contributed by atoms with Gasteiger partial charge in [0.05, 0.1) is 6.04 Å². The minimum Gasteiger partial charge on any atom is -0.370 e. The second kappa shape index (κ2) is 5.17. The maximum atomic E-state index is 12.3. The molecule has 0 aliphatic rings. The molecule has 0 radical (unpaired) electrons. The zero-order valence-corrected chi connectivity index (χ0v) is 12.1. The van der Waals surface area contributed by atoms with Crippen molar-refractivity contribution in [2.75, 3.05) is 7.05 Å². The van der Waals surface area contributed by atoms with E-state index in [-0.39, 0.29) is 17.7 Å². The molecule has 0 bridgehead atoms. The van der Waals surface area contributed by atoms with E-state index in [9.17, 15) is 9.59 Å². The van der Waals surface area contributed by atoms with Crippen LogP contribution in [0.25, 0.3) is 0 Å². The van der Waals surface area contributed by atoms with Gasteiger partial charge in [-0.25, -0.2) is 0 Å². The highest BCUT2D eigenvalue weighted by atomic mass is 16.1. The Kier molecular flexibility index (Phi) is 4.90. The Labute approximate surface area is 105 Å². The highest BCUT2D eigenvalue weighted by Gasteiger charge is 2.36. The minimum absolute atomic E-state index is 0.0497. The fourth-order valence-corrected chi connectivity index (χ4v) is 1.56. The van der Waals surface area contributed by atoms with Crippen molar-refractivity contribution in [2.24, 2.45) is 11.1 Å². The number of hydrogen-bond donors (Lipinski definition) is 1. The largest absolute Gasteiger partial charge is 0.370 e. The van der Waals surface area contributed by atoms with Crippen LogP contribution in [-0.2, 0) is 9.59 Å². The lowest BCUT2D eigenvalue weighted by atomic mass is 9.83. The van der Waals surface area contributed by atoms with Gasteiger partial charge in [-0.3, -0.25) is 14.5 Å². The molecule has 0 aromatic carbocycles. The maximum Gasteiger partial charge on any atom is 0.219 e. The van der Waals surface area contributed by atoms with Crippen molar-refractivity contribution in [1.29, 1.82) is 0 Å². The van der Waals surface area contributed by atoms with Crippen LogP contribution in [-0.4, -0.2) is 35.2 Å². The molecule has 0 rings (SSSR count). The van der Waals surface area contributed by atoms with Crippen LogP contribution in [0.3, 0.4) is 0 Å². The first kappa shape index (κ1) is 16.1. The molecule has 0 heterocycles. The molecular weight excluding hydrogens is 216 g/mol. The zero-order chi connectivity index (χ0) is 14.0. The average Bonchev–Trinajstić information content (AvgIpc) is 2.08. The lowest BCUT2D eigenvalue weighted by Gasteiger charge is -2.39. The number of hydrogen-bond acceptors (Lipinski definition) is 3. The monoisotopic (exact) mass is 242 g/mol. The predicted molar refractivity (Wildman–Crippen MR) is 69.6 cm³/mol. The molecule has 0 fully saturated rings. The average molecular weight is 242 g/mol. The summed E-state index contributed by atoms with van der Waals surface area (Å²) >= 11 is 0. The summed E-state index contributed by atoms with van der Waals surface area (Å²) in [6.45, 7) is 11.6. The second-order valence-corrected chi connectivity index (χ2v) is 6.58. The van der Waals surface area contributed by atoms with E-state index < -0.39 is 17.4 Å². The van der Waals surface area contributed by atoms with Crippen LogP contribution in [0.4, 0.5) is 0 Å². The van der Waals surface area contributed by atoms with Crippen molar-refractivity contribution in [3.63, 3.8) is 0 Å². The molecule has 0 aliphatic heterocycles. The number of Topliss-reactive ketones (excluding diaryl/α,β-unsaturated/α-hetero) is 1. The van der Waals surface area contributed by atoms with Gasteiger partial charge in [0.2, 0.25) is 5.91 Å². The SMILES string of the molecule is CN([C@@H](CC(N)=O)C(=O)C(C)(C)C)C(C)(C)C. The fraction of sp³-hybridized carbons (Fsp3) is 0.846. The van der Waals surface area contributed by atoms with E-state index in [0.717, 1.165) is 0 Å². The normalized spacial score (nSPS) is 14.8. The van der Waals surface area contributed by atoms with E-state index in [1.54, 1.807) is 0 Å². The van der Waals surface area contributed by atoms with E-state index in [1.807, 2.05) is 53.5 Å². The zero-order valence-electron chi connectivity index (χ0n) is 12.1. The van der Waals surface area contributed by atoms with Crippen LogP contribution in [0.1, 0.15) is 48.0 Å². The van der Waals surface area contributed by atoms with Gasteiger partial charge in [-0.1, -0.05) is 20.8 Å². The van der Waals surface area contributed by atoms with Gasteiger partial charge in [0.1, 0.15) is 0 Å². The van der Waals surface area contributed by atoms with Crippen molar-refractivity contribution in [3.8, 4) is 0 Å². The number of nitrogens with two attached hydrogens (primary N) is 1. The van der Waals surface area contributed by atoms with E-state index in [2.05, 4.69) is 0 Å². The van der Waals surface area contributed by atoms with Crippen LogP contribution in [0, 0.1) is 5.41 Å². The quantitative estimate of drug-likeness (QED) is 0.814. The maximum absolute atomic E-state index is 12.3. The van der Waals surface area contributed by atoms with Crippen LogP contribution >= 0.6 is 0 Å². The Hall–Kier alpha value is -0.900. The van der Waals surface area contributed by atoms with Crippen LogP contribution in [0.5, 0.6) is 0 Å². The summed E-state index contributed by atoms with van der Waals surface area (Å²) in [5, 5.41) is 0. The summed E-state index contributed by atoms with van der Waals surface area (Å²) in [7, 11) is 1.86. The highest BCUT2D eigenvalue weighted by Crippen LogP contribution is 2.25. The number of ketones is 1. The van der Waals surface area contributed by atoms with Crippen LogP contribution < -0.4 is 5.73 Å². The molecule has 1 amide bonds. The third-order valence-corrected chi connectivity index (χ3v) is 2.96. The Bertz CT molecular complexity index is 298. The fourth-order valence-electron chi connectivity index (χ4n) is 1.56. The molecule has 0 spiro atoms. The summed E-state index contributed by atoms with van der Waals surface area (Å²) in [5.74, 6) is -0.391. The first-order valence-electron chi connectivity index (χ1n) is 5.93. The second-order valence-electron chi connectivity index (χ2n) is 6.58. The van der Waals surface area contributed by atoms with E-state index in [1.165, 1.54) is 0 Å². The Balaban J connectivity index is 5.15. The number of likely N-dealkylation sites (N-methyl/N-ethyl adjacent to an activating group) is 1. The lowest BCUT2D eigenvalue weighted by Crippen LogP contribution is -2.53. The molecule has 0 aromatic heterocycles. The number of rotatable bonds is 4. The molecule has 17 heavy (non-hydrogen) atoms. The Morgan fingerprint density at radius 3 is 1.76 bits per heavy atom. The topological polar surface area (TPSA) is 63.4 Å². The third-order valence-electron chi connectivity index (χ3n) is 2.96. The highest BCUT2D eigenvalue weighted by molar-refractivity contribution is 5.92. The summed E-state index contributed by atoms with van der Waals surface area (Å²) in [6.07, 6.45) is 0.0733. The number of amides is 1. The van der Waals surface area contributed by atoms with Crippen LogP contribution in [0.2, 0.25) is 0 Å². The van der Waals surface area contributed by atoms with Gasteiger partial charge in [0.15, 0.2) is 5.78 Å². The molecule has 0 saturated carbocycles. The number of carbonyl (C=O) groups excluding carboxylic acids is 2. The number of primary amides is 1. The van der Waals surface area contributed by atoms with Crippen molar-refractivity contribution >= 4 is 11.7 Å². The summed E-state index contributed by atoms with van der Waals surface area (Å²) in [4.78, 5) is 25.4. The van der Waals surface area contributed by atoms with E-state index >= 15 is 0 Å². The third kappa shape index (κ3) is 4.86. The molecule has 1 atom stereocenters. The summed E-state index contributed by atoms with van der Waals surface area (Å²) in [6, 6.07) is -0.451. The summed E-state index contributed by atoms with van der Waals surface area (Å²) < 4.78 is 0. The first-order valence-corrected chi connectivity index (χ1v) is 5.93. The molecule has 2 N–H and O–H groups in total. The van der Waals surface area contributed by atoms with Gasteiger partial charge in [0.25, 0.3) is 0 Å². The molecule has 4 heteroatoms. The standard InChI is InChI=1S/C13H26N2O2/c1-12(2,3)11(17)9(8-10(14)16)15(7)13(4,5)6/h9H,8H2,1-7H3,(H2,14,16)/t9-/m0/s1. The summed E-state index contributed by atoms with van der Waals surface area (Å²) in [5.41, 5.74) is 4.59. The number of nitrogens with zero attached hydrogens (tertiary/aromatic N) is 1. The number of carbonyl (C=O) groups is 2. The molecule has 0 aliphatic carbocycles. The smallest absolute Gasteiger partial charge is 0.219 e. The van der Waals surface area contributed by atoms with Crippen molar-refractivity contribution in [1.82, 2.24) is 4.90 Å². The van der Waals surface area contributed by atoms with Gasteiger partial charge in [-0.05, 0) is 27.8 Å². The molecule has 100 valence electrons. The van der Waals surface area contributed by atoms with Gasteiger partial charge < -0.3 is 5.73 Å². The predicted octanol–water partition coefficient (Wildman–Crippen LogP) is 1.58. The first-order chi connectivity index (χ1) is 7.37. The molecule has 4 nitrogen and oxygen atoms in total. The Morgan fingerprint density at radius 1 is 1.12 bits per heavy atom. The Morgan fingerprint density at radius 2 is 1.53 bits per heavy atom. The molecule has 0 unspecified atom stereocenters. The van der Waals surface area contributed by atoms with Crippen molar-refractivity contribution in [3.05, 3.63) is 0 Å². The van der Waals surface area contributed by atoms with Gasteiger partial charge in [0, 0.05) is 17.4 Å². The van der Waals surface area contributed by atoms with Gasteiger partial charge >= 0.3 is 0 Å². The van der Waals surface area contributed by atoms with E-state index in [4.69, 9.17) is 5.73 Å². The van der Waals surface area contributed by atoms with E-state index in [0.29, 0.717) is 0 Å². The van der Waals surface area contributed by atoms with Gasteiger partial charge in [-0.15, -0.1) is 0 Å². The molecule has 0 saturated heterocycles. The van der Waals surface area contributed by atoms with Gasteiger partial charge in [-0.2, -0.15) is 0 Å². The molecule has 0 aromatic rings. The van der Waals surface area contributed by atoms with Crippen LogP contribution in [0.15, 0.2) is 0 Å². The van der Waals surface area contributed by atoms with Crippen molar-refractivity contribution in [2.45, 2.75) is 59.5 Å². The molecular formula is C13H26N2O2. The minimum atomic E-state index is -0.473. The lowest BCUT2D eigenvalue weighted by molar-refractivity contribution is -0.136.